The summed E-state index contributed by atoms with van der Waals surface area (Å²) in [7, 11) is -2.34. The lowest BCUT2D eigenvalue weighted by Crippen LogP contribution is -3.00. The minimum absolute atomic E-state index is 0. The largest absolute Gasteiger partial charge is 1.00 e. The number of hydrogen-bond donors (Lipinski definition) is 2. The Kier molecular flexibility index (Phi) is 8.37. The number of imide groups is 1. The van der Waals surface area contributed by atoms with Gasteiger partial charge in [-0.1, -0.05) is 72.8 Å². The van der Waals surface area contributed by atoms with Crippen LogP contribution in [0.25, 0.3) is 0 Å². The third kappa shape index (κ3) is 5.67. The maximum atomic E-state index is 13.2. The summed E-state index contributed by atoms with van der Waals surface area (Å²) < 4.78 is 0. The summed E-state index contributed by atoms with van der Waals surface area (Å²) in [4.78, 5) is 25.7. The molecular weight excluding hydrogens is 451 g/mol. The van der Waals surface area contributed by atoms with Crippen LogP contribution >= 0.6 is 7.26 Å². The van der Waals surface area contributed by atoms with Crippen LogP contribution in [0.1, 0.15) is 0 Å². The molecule has 3 amide bonds. The van der Waals surface area contributed by atoms with Gasteiger partial charge >= 0.3 is 6.03 Å². The Morgan fingerprint density at radius 2 is 0.939 bits per heavy atom. The zero-order valence-electron chi connectivity index (χ0n) is 17.9. The van der Waals surface area contributed by atoms with Crippen LogP contribution in [0.4, 0.5) is 10.5 Å². The minimum Gasteiger partial charge on any atom is -1.00 e. The first-order valence-electron chi connectivity index (χ1n) is 10.4. The van der Waals surface area contributed by atoms with Gasteiger partial charge < -0.3 is 17.7 Å². The van der Waals surface area contributed by atoms with E-state index in [1.165, 1.54) is 0 Å². The first kappa shape index (κ1) is 24.2. The Balaban J connectivity index is 0.00000306. The Morgan fingerprint density at radius 1 is 0.576 bits per heavy atom. The molecule has 166 valence electrons. The number of benzene rings is 4. The highest BCUT2D eigenvalue weighted by atomic mass is 35.5. The highest BCUT2D eigenvalue weighted by molar-refractivity contribution is 7.96. The van der Waals surface area contributed by atoms with E-state index in [4.69, 9.17) is 0 Å². The zero-order chi connectivity index (χ0) is 22.2. The number of amides is 3. The van der Waals surface area contributed by atoms with Crippen LogP contribution in [0.3, 0.4) is 0 Å². The molecule has 33 heavy (non-hydrogen) atoms. The molecule has 0 bridgehead atoms. The van der Waals surface area contributed by atoms with Crippen LogP contribution in [0.2, 0.25) is 0 Å². The lowest BCUT2D eigenvalue weighted by Gasteiger charge is -2.27. The monoisotopic (exact) mass is 474 g/mol. The number of halogens is 1. The van der Waals surface area contributed by atoms with E-state index in [-0.39, 0.29) is 24.5 Å². The molecule has 0 fully saturated rings. The van der Waals surface area contributed by atoms with Crippen LogP contribution in [0.15, 0.2) is 121 Å². The van der Waals surface area contributed by atoms with E-state index in [9.17, 15) is 9.59 Å². The Hall–Kier alpha value is -3.46. The SMILES string of the molecule is O=C(C[P+](c1ccccc1)(c1ccccc1)c1ccccc1)NC(=O)Nc1ccccc1.[Cl-]. The number of carbonyl (C=O) groups excluding carboxylic acids is 2. The predicted molar refractivity (Wildman–Crippen MR) is 134 cm³/mol. The van der Waals surface area contributed by atoms with Gasteiger partial charge in [0.2, 0.25) is 0 Å². The van der Waals surface area contributed by atoms with Crippen LogP contribution in [-0.2, 0) is 4.79 Å². The molecule has 2 N–H and O–H groups in total. The van der Waals surface area contributed by atoms with E-state index in [0.717, 1.165) is 15.9 Å². The van der Waals surface area contributed by atoms with Crippen LogP contribution in [-0.4, -0.2) is 18.1 Å². The van der Waals surface area contributed by atoms with Crippen molar-refractivity contribution in [2.75, 3.05) is 11.5 Å². The van der Waals surface area contributed by atoms with Crippen LogP contribution in [0.5, 0.6) is 0 Å². The van der Waals surface area contributed by atoms with Gasteiger partial charge in [0.1, 0.15) is 23.2 Å². The molecule has 4 nitrogen and oxygen atoms in total. The first-order valence-corrected chi connectivity index (χ1v) is 12.4. The molecule has 0 saturated carbocycles. The van der Waals surface area contributed by atoms with Gasteiger partial charge in [0, 0.05) is 5.69 Å². The molecule has 0 aliphatic rings. The van der Waals surface area contributed by atoms with Gasteiger partial charge in [-0.05, 0) is 48.5 Å². The number of anilines is 1. The van der Waals surface area contributed by atoms with Gasteiger partial charge in [0.15, 0.2) is 6.16 Å². The summed E-state index contributed by atoms with van der Waals surface area (Å²) in [6.07, 6.45) is 0.188. The minimum atomic E-state index is -2.34. The summed E-state index contributed by atoms with van der Waals surface area (Å²) in [5, 5.41) is 8.53. The number of rotatable bonds is 6. The Morgan fingerprint density at radius 3 is 1.33 bits per heavy atom. The summed E-state index contributed by atoms with van der Waals surface area (Å²) in [6, 6.07) is 38.9. The van der Waals surface area contributed by atoms with Crippen molar-refractivity contribution in [2.45, 2.75) is 0 Å². The van der Waals surface area contributed by atoms with Crippen molar-refractivity contribution in [3.05, 3.63) is 121 Å². The van der Waals surface area contributed by atoms with Gasteiger partial charge in [-0.3, -0.25) is 10.1 Å². The zero-order valence-corrected chi connectivity index (χ0v) is 19.5. The summed E-state index contributed by atoms with van der Waals surface area (Å²) >= 11 is 0. The lowest BCUT2D eigenvalue weighted by molar-refractivity contribution is -0.117. The third-order valence-electron chi connectivity index (χ3n) is 5.26. The standard InChI is InChI=1S/C27H23N2O2P.ClH/c30-26(29-27(31)28-22-13-5-1-6-14-22)21-32(23-15-7-2-8-16-23,24-17-9-3-10-18-24)25-19-11-4-12-20-25;/h1-20H,21H2,(H-,28,29,30,31);1H. The molecule has 0 aliphatic carbocycles. The molecule has 0 spiro atoms. The average molecular weight is 475 g/mol. The van der Waals surface area contributed by atoms with Crippen molar-refractivity contribution in [3.8, 4) is 0 Å². The summed E-state index contributed by atoms with van der Waals surface area (Å²) in [5.41, 5.74) is 0.632. The van der Waals surface area contributed by atoms with Crippen molar-refractivity contribution >= 4 is 40.8 Å². The molecule has 0 aliphatic heterocycles. The highest BCUT2D eigenvalue weighted by Crippen LogP contribution is 2.54. The van der Waals surface area contributed by atoms with E-state index in [1.807, 2.05) is 72.8 Å². The molecule has 0 aromatic heterocycles. The number of nitrogens with one attached hydrogen (secondary N) is 2. The van der Waals surface area contributed by atoms with Gasteiger partial charge in [0.25, 0.3) is 5.91 Å². The fourth-order valence-corrected chi connectivity index (χ4v) is 7.83. The number of para-hydroxylation sites is 1. The molecule has 6 heteroatoms. The molecule has 4 rings (SSSR count). The molecular formula is C27H24ClN2O2P. The Bertz CT molecular complexity index is 1080. The fourth-order valence-electron chi connectivity index (χ4n) is 3.83. The second-order valence-electron chi connectivity index (χ2n) is 7.34. The van der Waals surface area contributed by atoms with E-state index >= 15 is 0 Å². The van der Waals surface area contributed by atoms with Gasteiger partial charge in [0.05, 0.1) is 0 Å². The van der Waals surface area contributed by atoms with E-state index in [2.05, 4.69) is 47.0 Å². The highest BCUT2D eigenvalue weighted by Gasteiger charge is 2.47. The van der Waals surface area contributed by atoms with Gasteiger partial charge in [-0.25, -0.2) is 4.79 Å². The second kappa shape index (κ2) is 11.4. The van der Waals surface area contributed by atoms with Gasteiger partial charge in [-0.15, -0.1) is 0 Å². The van der Waals surface area contributed by atoms with Gasteiger partial charge in [-0.2, -0.15) is 0 Å². The molecule has 0 unspecified atom stereocenters. The molecule has 0 saturated heterocycles. The topological polar surface area (TPSA) is 58.2 Å². The van der Waals surface area contributed by atoms with Crippen LogP contribution < -0.4 is 39.0 Å². The number of urea groups is 1. The molecule has 0 heterocycles. The van der Waals surface area contributed by atoms with Crippen molar-refractivity contribution in [2.24, 2.45) is 0 Å². The smallest absolute Gasteiger partial charge is 0.325 e. The third-order valence-corrected chi connectivity index (χ3v) is 9.56. The average Bonchev–Trinajstić information content (AvgIpc) is 2.85. The number of carbonyl (C=O) groups is 2. The number of hydrogen-bond acceptors (Lipinski definition) is 2. The molecule has 0 radical (unpaired) electrons. The van der Waals surface area contributed by atoms with Crippen molar-refractivity contribution < 1.29 is 22.0 Å². The first-order chi connectivity index (χ1) is 15.7. The summed E-state index contributed by atoms with van der Waals surface area (Å²) in [5.74, 6) is -0.316. The fraction of sp³-hybridized carbons (Fsp3) is 0.0370. The Labute approximate surface area is 200 Å². The molecule has 0 atom stereocenters. The molecule has 4 aromatic carbocycles. The normalized spacial score (nSPS) is 10.5. The lowest BCUT2D eigenvalue weighted by atomic mass is 10.3. The maximum absolute atomic E-state index is 13.2. The van der Waals surface area contributed by atoms with E-state index in [0.29, 0.717) is 5.69 Å². The van der Waals surface area contributed by atoms with E-state index in [1.54, 1.807) is 12.1 Å². The molecule has 4 aromatic rings. The summed E-state index contributed by atoms with van der Waals surface area (Å²) in [6.45, 7) is 0. The quantitative estimate of drug-likeness (QED) is 0.414. The van der Waals surface area contributed by atoms with E-state index < -0.39 is 13.3 Å². The van der Waals surface area contributed by atoms with Crippen molar-refractivity contribution in [1.82, 2.24) is 5.32 Å². The maximum Gasteiger partial charge on any atom is 0.325 e. The van der Waals surface area contributed by atoms with Crippen molar-refractivity contribution in [3.63, 3.8) is 0 Å². The van der Waals surface area contributed by atoms with Crippen LogP contribution in [0, 0.1) is 0 Å². The van der Waals surface area contributed by atoms with Crippen molar-refractivity contribution in [1.29, 1.82) is 0 Å². The second-order valence-corrected chi connectivity index (χ2v) is 10.8. The predicted octanol–water partition coefficient (Wildman–Crippen LogP) is 1.33.